The summed E-state index contributed by atoms with van der Waals surface area (Å²) in [5, 5.41) is 4.93. The van der Waals surface area contributed by atoms with Crippen molar-refractivity contribution in [1.82, 2.24) is 19.9 Å². The number of hydrogen-bond donors (Lipinski definition) is 2. The summed E-state index contributed by atoms with van der Waals surface area (Å²) in [4.78, 5) is 40.2. The quantitative estimate of drug-likeness (QED) is 0.219. The zero-order valence-electron chi connectivity index (χ0n) is 23.6. The molecule has 0 aliphatic rings. The van der Waals surface area contributed by atoms with E-state index in [2.05, 4.69) is 25.6 Å². The van der Waals surface area contributed by atoms with Crippen molar-refractivity contribution >= 4 is 23.2 Å². The summed E-state index contributed by atoms with van der Waals surface area (Å²) in [7, 11) is 5.24. The molecule has 13 heteroatoms. The maximum absolute atomic E-state index is 13.5. The molecule has 0 aliphatic heterocycles. The Morgan fingerprint density at radius 2 is 1.76 bits per heavy atom. The topological polar surface area (TPSA) is 119 Å². The molecule has 41 heavy (non-hydrogen) atoms. The molecule has 1 aromatic carbocycles. The first-order valence-corrected chi connectivity index (χ1v) is 12.8. The van der Waals surface area contributed by atoms with Gasteiger partial charge in [-0.05, 0) is 59.1 Å². The lowest BCUT2D eigenvalue weighted by Gasteiger charge is -2.15. The van der Waals surface area contributed by atoms with Gasteiger partial charge in [0.1, 0.15) is 12.4 Å². The first-order chi connectivity index (χ1) is 19.4. The van der Waals surface area contributed by atoms with Gasteiger partial charge in [0.15, 0.2) is 11.6 Å². The molecule has 2 amide bonds. The van der Waals surface area contributed by atoms with Crippen molar-refractivity contribution in [3.8, 4) is 17.1 Å². The van der Waals surface area contributed by atoms with Gasteiger partial charge in [-0.15, -0.1) is 0 Å². The minimum Gasteiger partial charge on any atom is -0.490 e. The summed E-state index contributed by atoms with van der Waals surface area (Å²) in [6, 6.07) is 3.73. The van der Waals surface area contributed by atoms with Gasteiger partial charge in [-0.2, -0.15) is 13.2 Å². The third-order valence-corrected chi connectivity index (χ3v) is 5.87. The van der Waals surface area contributed by atoms with Crippen molar-refractivity contribution in [3.63, 3.8) is 0 Å². The number of anilines is 2. The Morgan fingerprint density at radius 3 is 2.41 bits per heavy atom. The zero-order chi connectivity index (χ0) is 30.2. The molecule has 0 radical (unpaired) electrons. The first kappa shape index (κ1) is 31.4. The molecule has 2 aromatic heterocycles. The van der Waals surface area contributed by atoms with Crippen molar-refractivity contribution in [3.05, 3.63) is 59.2 Å². The number of methoxy groups -OCH3 is 1. The number of halogens is 3. The number of pyridine rings is 1. The van der Waals surface area contributed by atoms with E-state index in [4.69, 9.17) is 9.47 Å². The van der Waals surface area contributed by atoms with E-state index in [0.29, 0.717) is 49.0 Å². The average molecular weight is 575 g/mol. The Kier molecular flexibility index (Phi) is 10.7. The molecule has 3 aromatic rings. The van der Waals surface area contributed by atoms with Crippen LogP contribution in [0.5, 0.6) is 5.75 Å². The minimum absolute atomic E-state index is 0.0731. The molecule has 0 fully saturated rings. The van der Waals surface area contributed by atoms with Crippen LogP contribution < -0.4 is 15.4 Å². The lowest BCUT2D eigenvalue weighted by molar-refractivity contribution is -0.137. The zero-order valence-corrected chi connectivity index (χ0v) is 23.6. The summed E-state index contributed by atoms with van der Waals surface area (Å²) in [5.41, 5.74) is 0.568. The van der Waals surface area contributed by atoms with Crippen LogP contribution in [0.25, 0.3) is 11.4 Å². The fourth-order valence-corrected chi connectivity index (χ4v) is 3.79. The Bertz CT molecular complexity index is 1380. The number of benzene rings is 1. The molecule has 2 N–H and O–H groups in total. The van der Waals surface area contributed by atoms with Gasteiger partial charge in [-0.3, -0.25) is 9.78 Å². The standard InChI is InChI=1S/C28H33F3N6O4/c1-17-11-25(41-10-9-40-5)22(15-32-17)26-33-16-23(18(2)34-26)36-27(39)35-21-13-19(12-20(14-21)28(29,30)31)24(38)7-6-8-37(3)4/h11-16H,6-10H2,1-5H3,(H2,35,36,39). The predicted molar refractivity (Wildman–Crippen MR) is 148 cm³/mol. The number of rotatable bonds is 12. The first-order valence-electron chi connectivity index (χ1n) is 12.8. The summed E-state index contributed by atoms with van der Waals surface area (Å²) >= 11 is 0. The highest BCUT2D eigenvalue weighted by Crippen LogP contribution is 2.33. The highest BCUT2D eigenvalue weighted by Gasteiger charge is 2.32. The summed E-state index contributed by atoms with van der Waals surface area (Å²) in [5.74, 6) is 0.380. The number of ether oxygens (including phenoxy) is 2. The minimum atomic E-state index is -4.70. The number of urea groups is 1. The molecule has 0 saturated carbocycles. The summed E-state index contributed by atoms with van der Waals surface area (Å²) in [6.45, 7) is 4.77. The van der Waals surface area contributed by atoms with Crippen molar-refractivity contribution in [1.29, 1.82) is 0 Å². The Morgan fingerprint density at radius 1 is 1.00 bits per heavy atom. The van der Waals surface area contributed by atoms with Crippen molar-refractivity contribution < 1.29 is 32.2 Å². The van der Waals surface area contributed by atoms with Crippen LogP contribution in [0.4, 0.5) is 29.3 Å². The van der Waals surface area contributed by atoms with Crippen molar-refractivity contribution in [2.75, 3.05) is 51.6 Å². The smallest absolute Gasteiger partial charge is 0.416 e. The highest BCUT2D eigenvalue weighted by atomic mass is 19.4. The molecule has 3 rings (SSSR count). The predicted octanol–water partition coefficient (Wildman–Crippen LogP) is 5.37. The largest absolute Gasteiger partial charge is 0.490 e. The van der Waals surface area contributed by atoms with E-state index in [9.17, 15) is 22.8 Å². The monoisotopic (exact) mass is 574 g/mol. The molecule has 0 aliphatic carbocycles. The molecule has 220 valence electrons. The number of carbonyl (C=O) groups is 2. The molecule has 0 bridgehead atoms. The third-order valence-electron chi connectivity index (χ3n) is 5.87. The Labute approximate surface area is 236 Å². The lowest BCUT2D eigenvalue weighted by Crippen LogP contribution is -2.21. The third kappa shape index (κ3) is 9.22. The summed E-state index contributed by atoms with van der Waals surface area (Å²) in [6.07, 6.45) is -1.19. The Hall–Kier alpha value is -4.10. The van der Waals surface area contributed by atoms with Gasteiger partial charge in [-0.25, -0.2) is 14.8 Å². The SMILES string of the molecule is COCCOc1cc(C)ncc1-c1ncc(NC(=O)Nc2cc(C(=O)CCCN(C)C)cc(C(F)(F)F)c2)c(C)n1. The van der Waals surface area contributed by atoms with Crippen LogP contribution in [0.15, 0.2) is 36.7 Å². The van der Waals surface area contributed by atoms with Crippen LogP contribution in [0, 0.1) is 13.8 Å². The number of ketones is 1. The molecule has 0 spiro atoms. The van der Waals surface area contributed by atoms with Gasteiger partial charge >= 0.3 is 12.2 Å². The summed E-state index contributed by atoms with van der Waals surface area (Å²) < 4.78 is 51.4. The molecular formula is C28H33F3N6O4. The van der Waals surface area contributed by atoms with E-state index >= 15 is 0 Å². The number of Topliss-reactive ketones (excluding diaryl/α,β-unsaturated/α-hetero) is 1. The van der Waals surface area contributed by atoms with E-state index in [1.807, 2.05) is 25.9 Å². The molecule has 2 heterocycles. The second-order valence-corrected chi connectivity index (χ2v) is 9.56. The van der Waals surface area contributed by atoms with Crippen LogP contribution in [0.2, 0.25) is 0 Å². The molecule has 10 nitrogen and oxygen atoms in total. The van der Waals surface area contributed by atoms with E-state index < -0.39 is 23.6 Å². The number of aromatic nitrogens is 3. The van der Waals surface area contributed by atoms with Gasteiger partial charge in [0.05, 0.1) is 35.3 Å². The van der Waals surface area contributed by atoms with Crippen molar-refractivity contribution in [2.24, 2.45) is 0 Å². The van der Waals surface area contributed by atoms with Crippen LogP contribution in [-0.2, 0) is 10.9 Å². The Balaban J connectivity index is 1.77. The van der Waals surface area contributed by atoms with E-state index in [1.54, 1.807) is 26.3 Å². The van der Waals surface area contributed by atoms with E-state index in [0.717, 1.165) is 17.8 Å². The molecular weight excluding hydrogens is 541 g/mol. The lowest BCUT2D eigenvalue weighted by atomic mass is 10.0. The van der Waals surface area contributed by atoms with E-state index in [1.165, 1.54) is 12.3 Å². The molecule has 0 saturated heterocycles. The van der Waals surface area contributed by atoms with Crippen LogP contribution >= 0.6 is 0 Å². The number of nitrogens with one attached hydrogen (secondary N) is 2. The number of aryl methyl sites for hydroxylation is 2. The molecule has 0 atom stereocenters. The van der Waals surface area contributed by atoms with Crippen LogP contribution in [0.3, 0.4) is 0 Å². The fourth-order valence-electron chi connectivity index (χ4n) is 3.79. The number of carbonyl (C=O) groups excluding carboxylic acids is 2. The number of hydrogen-bond acceptors (Lipinski definition) is 8. The normalized spacial score (nSPS) is 11.4. The maximum Gasteiger partial charge on any atom is 0.416 e. The average Bonchev–Trinajstić information content (AvgIpc) is 2.89. The second-order valence-electron chi connectivity index (χ2n) is 9.56. The van der Waals surface area contributed by atoms with E-state index in [-0.39, 0.29) is 23.4 Å². The van der Waals surface area contributed by atoms with Crippen molar-refractivity contribution in [2.45, 2.75) is 32.9 Å². The van der Waals surface area contributed by atoms with Crippen LogP contribution in [0.1, 0.15) is 40.2 Å². The fraction of sp³-hybridized carbons (Fsp3) is 0.393. The van der Waals surface area contributed by atoms with Crippen LogP contribution in [-0.4, -0.2) is 72.6 Å². The maximum atomic E-state index is 13.5. The highest BCUT2D eigenvalue weighted by molar-refractivity contribution is 6.02. The molecule has 0 unspecified atom stereocenters. The van der Waals surface area contributed by atoms with Gasteiger partial charge in [0.25, 0.3) is 0 Å². The van der Waals surface area contributed by atoms with Gasteiger partial charge in [0.2, 0.25) is 0 Å². The van der Waals surface area contributed by atoms with Gasteiger partial charge in [0, 0.05) is 42.7 Å². The number of alkyl halides is 3. The number of nitrogens with zero attached hydrogens (tertiary/aromatic N) is 4. The second kappa shape index (κ2) is 14.0. The number of amides is 2. The van der Waals surface area contributed by atoms with Gasteiger partial charge in [-0.1, -0.05) is 0 Å². The van der Waals surface area contributed by atoms with Gasteiger partial charge < -0.3 is 25.0 Å².